The van der Waals surface area contributed by atoms with Gasteiger partial charge in [-0.2, -0.15) is 0 Å². The molecular weight excluding hydrogens is 208 g/mol. The van der Waals surface area contributed by atoms with Crippen molar-refractivity contribution < 1.29 is 5.11 Å². The Morgan fingerprint density at radius 2 is 2.07 bits per heavy atom. The fourth-order valence-corrected chi connectivity index (χ4v) is 2.36. The van der Waals surface area contributed by atoms with Gasteiger partial charge in [-0.05, 0) is 34.1 Å². The first-order valence-electron chi connectivity index (χ1n) is 5.33. The summed E-state index contributed by atoms with van der Waals surface area (Å²) in [5.41, 5.74) is 1.12. The van der Waals surface area contributed by atoms with Crippen molar-refractivity contribution in [3.63, 3.8) is 0 Å². The van der Waals surface area contributed by atoms with Crippen LogP contribution in [0.1, 0.15) is 35.8 Å². The highest BCUT2D eigenvalue weighted by Crippen LogP contribution is 2.16. The van der Waals surface area contributed by atoms with Crippen LogP contribution in [0.5, 0.6) is 0 Å². The van der Waals surface area contributed by atoms with Gasteiger partial charge in [0.25, 0.3) is 0 Å². The molecule has 0 aromatic carbocycles. The molecule has 15 heavy (non-hydrogen) atoms. The van der Waals surface area contributed by atoms with Gasteiger partial charge in [0.2, 0.25) is 0 Å². The van der Waals surface area contributed by atoms with Crippen LogP contribution >= 0.6 is 11.3 Å². The molecule has 0 aliphatic rings. The first-order valence-corrected chi connectivity index (χ1v) is 6.15. The van der Waals surface area contributed by atoms with E-state index in [1.165, 1.54) is 4.88 Å². The first-order chi connectivity index (χ1) is 6.99. The molecule has 2 unspecified atom stereocenters. The average Bonchev–Trinajstić information content (AvgIpc) is 2.42. The molecule has 0 radical (unpaired) electrons. The van der Waals surface area contributed by atoms with E-state index in [0.29, 0.717) is 6.04 Å². The number of nitrogens with zero attached hydrogens (tertiary/aromatic N) is 1. The van der Waals surface area contributed by atoms with Gasteiger partial charge in [-0.25, -0.2) is 4.98 Å². The number of hydrogen-bond donors (Lipinski definition) is 2. The molecule has 0 amide bonds. The third-order valence-electron chi connectivity index (χ3n) is 2.37. The summed E-state index contributed by atoms with van der Waals surface area (Å²) < 4.78 is 0. The smallest absolute Gasteiger partial charge is 0.107 e. The van der Waals surface area contributed by atoms with Gasteiger partial charge in [0, 0.05) is 17.5 Å². The summed E-state index contributed by atoms with van der Waals surface area (Å²) in [4.78, 5) is 5.74. The normalized spacial score (nSPS) is 15.3. The predicted octanol–water partition coefficient (Wildman–Crippen LogP) is 2.01. The van der Waals surface area contributed by atoms with Gasteiger partial charge in [-0.1, -0.05) is 0 Å². The molecule has 0 aliphatic heterocycles. The highest BCUT2D eigenvalue weighted by molar-refractivity contribution is 7.11. The Bertz CT molecular complexity index is 290. The lowest BCUT2D eigenvalue weighted by molar-refractivity contribution is 0.170. The second-order valence-electron chi connectivity index (χ2n) is 4.12. The van der Waals surface area contributed by atoms with Gasteiger partial charge >= 0.3 is 0 Å². The summed E-state index contributed by atoms with van der Waals surface area (Å²) in [5, 5.41) is 13.7. The van der Waals surface area contributed by atoms with Crippen molar-refractivity contribution in [2.24, 2.45) is 0 Å². The molecule has 1 heterocycles. The van der Waals surface area contributed by atoms with Gasteiger partial charge in [-0.15, -0.1) is 11.3 Å². The van der Waals surface area contributed by atoms with Gasteiger partial charge in [0.1, 0.15) is 5.01 Å². The molecule has 1 rings (SSSR count). The number of nitrogens with one attached hydrogen (secondary N) is 1. The Morgan fingerprint density at radius 1 is 1.40 bits per heavy atom. The zero-order valence-electron chi connectivity index (χ0n) is 9.87. The summed E-state index contributed by atoms with van der Waals surface area (Å²) in [6.45, 7) is 8.83. The number of aliphatic hydroxyl groups is 1. The van der Waals surface area contributed by atoms with Crippen LogP contribution in [0, 0.1) is 13.8 Å². The van der Waals surface area contributed by atoms with Crippen LogP contribution in [0.25, 0.3) is 0 Å². The molecular formula is C11H20N2OS. The Kier molecular flexibility index (Phi) is 4.70. The molecule has 0 aliphatic carbocycles. The molecule has 0 spiro atoms. The van der Waals surface area contributed by atoms with E-state index in [1.54, 1.807) is 11.3 Å². The van der Waals surface area contributed by atoms with Crippen molar-refractivity contribution in [2.45, 2.75) is 52.8 Å². The molecule has 0 fully saturated rings. The van der Waals surface area contributed by atoms with Crippen LogP contribution in [0.15, 0.2) is 0 Å². The molecule has 86 valence electrons. The van der Waals surface area contributed by atoms with Gasteiger partial charge in [0.05, 0.1) is 11.8 Å². The molecule has 4 heteroatoms. The van der Waals surface area contributed by atoms with Crippen molar-refractivity contribution in [3.05, 3.63) is 15.6 Å². The van der Waals surface area contributed by atoms with E-state index >= 15 is 0 Å². The SMILES string of the molecule is Cc1nc(CNC(C)CC(C)O)sc1C. The van der Waals surface area contributed by atoms with E-state index < -0.39 is 0 Å². The molecule has 1 aromatic heterocycles. The van der Waals surface area contributed by atoms with Crippen molar-refractivity contribution in [1.82, 2.24) is 10.3 Å². The lowest BCUT2D eigenvalue weighted by Gasteiger charge is -2.14. The fourth-order valence-electron chi connectivity index (χ4n) is 1.47. The minimum atomic E-state index is -0.243. The quantitative estimate of drug-likeness (QED) is 0.810. The van der Waals surface area contributed by atoms with Gasteiger partial charge in [0.15, 0.2) is 0 Å². The highest BCUT2D eigenvalue weighted by Gasteiger charge is 2.07. The van der Waals surface area contributed by atoms with Crippen LogP contribution in [0.2, 0.25) is 0 Å². The Morgan fingerprint density at radius 3 is 2.53 bits per heavy atom. The topological polar surface area (TPSA) is 45.2 Å². The Labute approximate surface area is 95.6 Å². The Balaban J connectivity index is 2.36. The standard InChI is InChI=1S/C11H20N2OS/c1-7(5-8(2)14)12-6-11-13-9(3)10(4)15-11/h7-8,12,14H,5-6H2,1-4H3. The molecule has 2 atom stereocenters. The second-order valence-corrected chi connectivity index (χ2v) is 5.40. The van der Waals surface area contributed by atoms with Crippen molar-refractivity contribution in [2.75, 3.05) is 0 Å². The number of hydrogen-bond acceptors (Lipinski definition) is 4. The van der Waals surface area contributed by atoms with E-state index in [2.05, 4.69) is 24.1 Å². The molecule has 3 nitrogen and oxygen atoms in total. The van der Waals surface area contributed by atoms with E-state index in [1.807, 2.05) is 13.8 Å². The monoisotopic (exact) mass is 228 g/mol. The van der Waals surface area contributed by atoms with Crippen molar-refractivity contribution in [3.8, 4) is 0 Å². The third-order valence-corrected chi connectivity index (χ3v) is 3.44. The van der Waals surface area contributed by atoms with E-state index in [0.717, 1.165) is 23.7 Å². The van der Waals surface area contributed by atoms with Gasteiger partial charge in [-0.3, -0.25) is 0 Å². The minimum Gasteiger partial charge on any atom is -0.393 e. The third kappa shape index (κ3) is 4.28. The van der Waals surface area contributed by atoms with Crippen molar-refractivity contribution in [1.29, 1.82) is 0 Å². The lowest BCUT2D eigenvalue weighted by Crippen LogP contribution is -2.28. The summed E-state index contributed by atoms with van der Waals surface area (Å²) in [7, 11) is 0. The van der Waals surface area contributed by atoms with E-state index in [-0.39, 0.29) is 6.10 Å². The minimum absolute atomic E-state index is 0.243. The number of aliphatic hydroxyl groups excluding tert-OH is 1. The lowest BCUT2D eigenvalue weighted by atomic mass is 10.1. The highest BCUT2D eigenvalue weighted by atomic mass is 32.1. The molecule has 1 aromatic rings. The van der Waals surface area contributed by atoms with Crippen molar-refractivity contribution >= 4 is 11.3 Å². The van der Waals surface area contributed by atoms with Crippen LogP contribution in [0.4, 0.5) is 0 Å². The number of thiazole rings is 1. The average molecular weight is 228 g/mol. The number of rotatable bonds is 5. The second kappa shape index (κ2) is 5.58. The predicted molar refractivity (Wildman–Crippen MR) is 64.2 cm³/mol. The molecule has 0 bridgehead atoms. The van der Waals surface area contributed by atoms with Crippen LogP contribution in [0.3, 0.4) is 0 Å². The first kappa shape index (κ1) is 12.6. The number of aromatic nitrogens is 1. The maximum absolute atomic E-state index is 9.22. The maximum atomic E-state index is 9.22. The summed E-state index contributed by atoms with van der Waals surface area (Å²) in [6.07, 6.45) is 0.538. The van der Waals surface area contributed by atoms with E-state index in [9.17, 15) is 5.11 Å². The molecule has 2 N–H and O–H groups in total. The zero-order chi connectivity index (χ0) is 11.4. The molecule has 0 saturated heterocycles. The van der Waals surface area contributed by atoms with Gasteiger partial charge < -0.3 is 10.4 Å². The van der Waals surface area contributed by atoms with Crippen LogP contribution in [-0.4, -0.2) is 22.2 Å². The molecule has 0 saturated carbocycles. The largest absolute Gasteiger partial charge is 0.393 e. The van der Waals surface area contributed by atoms with Crippen LogP contribution < -0.4 is 5.32 Å². The summed E-state index contributed by atoms with van der Waals surface area (Å²) in [5.74, 6) is 0. The zero-order valence-corrected chi connectivity index (χ0v) is 10.7. The maximum Gasteiger partial charge on any atom is 0.107 e. The number of aryl methyl sites for hydroxylation is 2. The fraction of sp³-hybridized carbons (Fsp3) is 0.727. The summed E-state index contributed by atoms with van der Waals surface area (Å²) >= 11 is 1.74. The Hall–Kier alpha value is -0.450. The van der Waals surface area contributed by atoms with Crippen LogP contribution in [-0.2, 0) is 6.54 Å². The van der Waals surface area contributed by atoms with E-state index in [4.69, 9.17) is 0 Å². The summed E-state index contributed by atoms with van der Waals surface area (Å²) in [6, 6.07) is 0.328.